The van der Waals surface area contributed by atoms with Gasteiger partial charge in [-0.3, -0.25) is 4.72 Å². The fourth-order valence-corrected chi connectivity index (χ4v) is 3.89. The van der Waals surface area contributed by atoms with Crippen LogP contribution < -0.4 is 4.72 Å². The van der Waals surface area contributed by atoms with Gasteiger partial charge in [0.1, 0.15) is 11.2 Å². The molecule has 0 fully saturated rings. The zero-order valence-corrected chi connectivity index (χ0v) is 12.2. The van der Waals surface area contributed by atoms with Crippen LogP contribution in [0, 0.1) is 0 Å². The number of nitrogens with zero attached hydrogens (tertiary/aromatic N) is 1. The van der Waals surface area contributed by atoms with E-state index in [1.54, 1.807) is 12.1 Å². The molecule has 5 nitrogen and oxygen atoms in total. The van der Waals surface area contributed by atoms with Crippen molar-refractivity contribution in [1.82, 2.24) is 5.16 Å². The Kier molecular flexibility index (Phi) is 3.55. The van der Waals surface area contributed by atoms with Crippen molar-refractivity contribution in [2.45, 2.75) is 4.90 Å². The van der Waals surface area contributed by atoms with E-state index >= 15 is 0 Å². The summed E-state index contributed by atoms with van der Waals surface area (Å²) in [6.45, 7) is 0. The van der Waals surface area contributed by atoms with Crippen molar-refractivity contribution >= 4 is 47.7 Å². The monoisotopic (exact) mass is 380 g/mol. The molecule has 0 bridgehead atoms. The highest BCUT2D eigenvalue weighted by atomic mass is 79.9. The minimum absolute atomic E-state index is 0.128. The summed E-state index contributed by atoms with van der Waals surface area (Å²) in [5.41, 5.74) is 0. The average Bonchev–Trinajstić information content (AvgIpc) is 2.68. The predicted molar refractivity (Wildman–Crippen MR) is 69.2 cm³/mol. The highest BCUT2D eigenvalue weighted by Crippen LogP contribution is 2.26. The minimum atomic E-state index is -3.67. The van der Waals surface area contributed by atoms with Gasteiger partial charge in [0.15, 0.2) is 5.82 Å². The van der Waals surface area contributed by atoms with E-state index < -0.39 is 10.0 Å². The normalized spacial score (nSPS) is 11.4. The Morgan fingerprint density at radius 1 is 1.24 bits per heavy atom. The molecule has 0 aliphatic rings. The third-order valence-electron chi connectivity index (χ3n) is 1.86. The first kappa shape index (κ1) is 12.6. The smallest absolute Gasteiger partial charge is 0.264 e. The molecule has 2 rings (SSSR count). The number of halogens is 2. The van der Waals surface area contributed by atoms with Gasteiger partial charge >= 0.3 is 0 Å². The lowest BCUT2D eigenvalue weighted by molar-refractivity contribution is 0.423. The van der Waals surface area contributed by atoms with Crippen molar-refractivity contribution in [2.24, 2.45) is 0 Å². The van der Waals surface area contributed by atoms with E-state index in [0.29, 0.717) is 4.47 Å². The zero-order valence-electron chi connectivity index (χ0n) is 8.22. The maximum absolute atomic E-state index is 12.0. The fraction of sp³-hybridized carbons (Fsp3) is 0. The van der Waals surface area contributed by atoms with Crippen LogP contribution in [0.3, 0.4) is 0 Å². The predicted octanol–water partition coefficient (Wildman–Crippen LogP) is 3.00. The molecule has 17 heavy (non-hydrogen) atoms. The summed E-state index contributed by atoms with van der Waals surface area (Å²) in [7, 11) is -3.67. The first-order valence-corrected chi connectivity index (χ1v) is 7.44. The van der Waals surface area contributed by atoms with E-state index in [1.807, 2.05) is 0 Å². The lowest BCUT2D eigenvalue weighted by atomic mass is 10.4. The summed E-state index contributed by atoms with van der Waals surface area (Å²) in [4.78, 5) is 0.128. The molecule has 90 valence electrons. The molecule has 0 amide bonds. The highest BCUT2D eigenvalue weighted by Gasteiger charge is 2.18. The molecule has 0 saturated carbocycles. The largest absolute Gasteiger partial charge is 0.363 e. The quantitative estimate of drug-likeness (QED) is 0.886. The van der Waals surface area contributed by atoms with E-state index in [1.165, 1.54) is 18.4 Å². The van der Waals surface area contributed by atoms with Crippen molar-refractivity contribution in [1.29, 1.82) is 0 Å². The summed E-state index contributed by atoms with van der Waals surface area (Å²) in [5, 5.41) is 3.48. The third-order valence-corrected chi connectivity index (χ3v) is 4.68. The van der Waals surface area contributed by atoms with Crippen molar-refractivity contribution in [3.8, 4) is 0 Å². The van der Waals surface area contributed by atoms with Gasteiger partial charge in [-0.1, -0.05) is 21.1 Å². The van der Waals surface area contributed by atoms with Gasteiger partial charge in [-0.05, 0) is 34.1 Å². The van der Waals surface area contributed by atoms with Crippen LogP contribution in [0.25, 0.3) is 0 Å². The average molecular weight is 382 g/mol. The van der Waals surface area contributed by atoms with E-state index in [0.717, 1.165) is 4.47 Å². The molecule has 0 aliphatic carbocycles. The number of hydrogen-bond acceptors (Lipinski definition) is 4. The van der Waals surface area contributed by atoms with Gasteiger partial charge in [0.25, 0.3) is 10.0 Å². The molecule has 1 aromatic heterocycles. The second-order valence-corrected chi connectivity index (χ2v) is 6.49. The van der Waals surface area contributed by atoms with Gasteiger partial charge in [0.05, 0.1) is 0 Å². The van der Waals surface area contributed by atoms with Crippen LogP contribution >= 0.6 is 31.9 Å². The van der Waals surface area contributed by atoms with Crippen molar-refractivity contribution < 1.29 is 12.9 Å². The molecule has 0 atom stereocenters. The Morgan fingerprint density at radius 2 is 2.00 bits per heavy atom. The number of aromatic nitrogens is 1. The fourth-order valence-electron chi connectivity index (χ4n) is 1.15. The molecule has 0 radical (unpaired) electrons. The molecule has 0 unspecified atom stereocenters. The van der Waals surface area contributed by atoms with Gasteiger partial charge < -0.3 is 4.52 Å². The number of hydrogen-bond donors (Lipinski definition) is 1. The van der Waals surface area contributed by atoms with Crippen molar-refractivity contribution in [2.75, 3.05) is 4.72 Å². The van der Waals surface area contributed by atoms with Crippen molar-refractivity contribution in [3.63, 3.8) is 0 Å². The van der Waals surface area contributed by atoms with E-state index in [4.69, 9.17) is 0 Å². The highest BCUT2D eigenvalue weighted by molar-refractivity contribution is 9.11. The Balaban J connectivity index is 2.38. The molecule has 0 spiro atoms. The van der Waals surface area contributed by atoms with Crippen LogP contribution in [-0.4, -0.2) is 13.6 Å². The molecular formula is C9H6Br2N2O3S. The molecule has 1 N–H and O–H groups in total. The van der Waals surface area contributed by atoms with E-state index in [-0.39, 0.29) is 10.7 Å². The van der Waals surface area contributed by atoms with Gasteiger partial charge in [0, 0.05) is 15.0 Å². The summed E-state index contributed by atoms with van der Waals surface area (Å²) in [6, 6.07) is 6.19. The lowest BCUT2D eigenvalue weighted by Gasteiger charge is -2.07. The molecule has 1 heterocycles. The topological polar surface area (TPSA) is 72.2 Å². The van der Waals surface area contributed by atoms with Crippen LogP contribution in [0.5, 0.6) is 0 Å². The number of anilines is 1. The van der Waals surface area contributed by atoms with E-state index in [9.17, 15) is 8.42 Å². The first-order valence-electron chi connectivity index (χ1n) is 4.37. The maximum atomic E-state index is 12.0. The van der Waals surface area contributed by atoms with Gasteiger partial charge in [-0.2, -0.15) is 0 Å². The number of rotatable bonds is 3. The SMILES string of the molecule is O=S(=O)(Nc1ccon1)c1ccc(Br)cc1Br. The summed E-state index contributed by atoms with van der Waals surface area (Å²) < 4.78 is 32.1. The standard InChI is InChI=1S/C9H6Br2N2O3S/c10-6-1-2-8(7(11)5-6)17(14,15)13-9-3-4-16-12-9/h1-5H,(H,12,13). The van der Waals surface area contributed by atoms with Gasteiger partial charge in [0.2, 0.25) is 0 Å². The molecule has 0 saturated heterocycles. The number of sulfonamides is 1. The van der Waals surface area contributed by atoms with Crippen LogP contribution in [-0.2, 0) is 10.0 Å². The van der Waals surface area contributed by atoms with Crippen LogP contribution in [0.4, 0.5) is 5.82 Å². The summed E-state index contributed by atoms with van der Waals surface area (Å²) in [5.74, 6) is 0.139. The van der Waals surface area contributed by atoms with Crippen LogP contribution in [0.1, 0.15) is 0 Å². The molecule has 8 heteroatoms. The maximum Gasteiger partial charge on any atom is 0.264 e. The van der Waals surface area contributed by atoms with Crippen LogP contribution in [0.2, 0.25) is 0 Å². The van der Waals surface area contributed by atoms with Gasteiger partial charge in [-0.25, -0.2) is 8.42 Å². The van der Waals surface area contributed by atoms with Crippen molar-refractivity contribution in [3.05, 3.63) is 39.5 Å². The third kappa shape index (κ3) is 2.88. The second-order valence-electron chi connectivity index (χ2n) is 3.06. The number of benzene rings is 1. The Labute approximate surface area is 114 Å². The molecular weight excluding hydrogens is 376 g/mol. The van der Waals surface area contributed by atoms with E-state index in [2.05, 4.69) is 46.3 Å². The lowest BCUT2D eigenvalue weighted by Crippen LogP contribution is -2.13. The zero-order chi connectivity index (χ0) is 12.5. The Morgan fingerprint density at radius 3 is 2.59 bits per heavy atom. The summed E-state index contributed by atoms with van der Waals surface area (Å²) in [6.07, 6.45) is 1.29. The Hall–Kier alpha value is -0.860. The first-order chi connectivity index (χ1) is 7.99. The Bertz CT molecular complexity index is 626. The second kappa shape index (κ2) is 4.79. The minimum Gasteiger partial charge on any atom is -0.363 e. The summed E-state index contributed by atoms with van der Waals surface area (Å²) >= 11 is 6.45. The molecule has 2 aromatic rings. The molecule has 0 aliphatic heterocycles. The number of nitrogens with one attached hydrogen (secondary N) is 1. The van der Waals surface area contributed by atoms with Crippen LogP contribution in [0.15, 0.2) is 48.9 Å². The molecule has 1 aromatic carbocycles. The van der Waals surface area contributed by atoms with Gasteiger partial charge in [-0.15, -0.1) is 0 Å².